The maximum atomic E-state index is 13.0. The second-order valence-electron chi connectivity index (χ2n) is 7.21. The first kappa shape index (κ1) is 19.8. The molecule has 0 spiro atoms. The molecule has 32 heavy (non-hydrogen) atoms. The summed E-state index contributed by atoms with van der Waals surface area (Å²) in [5.41, 5.74) is 4.46. The van der Waals surface area contributed by atoms with Crippen LogP contribution in [0.15, 0.2) is 96.1 Å². The molecule has 5 rings (SSSR count). The zero-order valence-corrected chi connectivity index (χ0v) is 17.8. The quantitative estimate of drug-likeness (QED) is 0.427. The van der Waals surface area contributed by atoms with E-state index < -0.39 is 0 Å². The summed E-state index contributed by atoms with van der Waals surface area (Å²) in [6, 6.07) is 27.0. The molecule has 7 heteroatoms. The lowest BCUT2D eigenvalue weighted by atomic mass is 10.0. The van der Waals surface area contributed by atoms with Gasteiger partial charge in [0, 0.05) is 16.8 Å². The van der Waals surface area contributed by atoms with Gasteiger partial charge in [0.05, 0.1) is 6.33 Å². The lowest BCUT2D eigenvalue weighted by Crippen LogP contribution is -2.27. The summed E-state index contributed by atoms with van der Waals surface area (Å²) in [6.07, 6.45) is 1.41. The predicted molar refractivity (Wildman–Crippen MR) is 128 cm³/mol. The van der Waals surface area contributed by atoms with Crippen LogP contribution in [0.5, 0.6) is 0 Å². The third kappa shape index (κ3) is 3.81. The first-order valence-electron chi connectivity index (χ1n) is 10.1. The fraction of sp³-hybridized carbons (Fsp3) is 0.0400. The monoisotopic (exact) mass is 438 g/mol. The van der Waals surface area contributed by atoms with Gasteiger partial charge in [-0.3, -0.25) is 14.2 Å². The van der Waals surface area contributed by atoms with Crippen LogP contribution in [0.25, 0.3) is 32.6 Å². The van der Waals surface area contributed by atoms with E-state index in [0.717, 1.165) is 28.2 Å². The van der Waals surface area contributed by atoms with Crippen molar-refractivity contribution < 1.29 is 4.79 Å². The van der Waals surface area contributed by atoms with Crippen LogP contribution >= 0.6 is 11.5 Å². The number of hydrogen-bond donors (Lipinski definition) is 1. The third-order valence-electron chi connectivity index (χ3n) is 5.10. The molecule has 0 saturated heterocycles. The molecule has 2 aromatic heterocycles. The first-order chi connectivity index (χ1) is 15.7. The van der Waals surface area contributed by atoms with Gasteiger partial charge in [-0.15, -0.1) is 0 Å². The number of amides is 1. The average molecular weight is 439 g/mol. The number of rotatable bonds is 5. The van der Waals surface area contributed by atoms with Crippen LogP contribution < -0.4 is 10.9 Å². The summed E-state index contributed by atoms with van der Waals surface area (Å²) in [5, 5.41) is 2.93. The Balaban J connectivity index is 1.41. The maximum absolute atomic E-state index is 13.0. The molecule has 0 bridgehead atoms. The lowest BCUT2D eigenvalue weighted by molar-refractivity contribution is -0.116. The first-order valence-corrected chi connectivity index (χ1v) is 10.8. The number of fused-ring (bicyclic) bond motifs is 1. The summed E-state index contributed by atoms with van der Waals surface area (Å²) in [7, 11) is 0. The Hall–Kier alpha value is -4.10. The number of nitrogens with zero attached hydrogens (tertiary/aromatic N) is 3. The molecule has 1 N–H and O–H groups in total. The summed E-state index contributed by atoms with van der Waals surface area (Å²) < 4.78 is 6.17. The molecule has 0 fully saturated rings. The van der Waals surface area contributed by atoms with Crippen molar-refractivity contribution >= 4 is 33.3 Å². The van der Waals surface area contributed by atoms with Gasteiger partial charge in [0.1, 0.15) is 22.5 Å². The minimum Gasteiger partial charge on any atom is -0.324 e. The molecule has 2 heterocycles. The van der Waals surface area contributed by atoms with Gasteiger partial charge >= 0.3 is 0 Å². The molecule has 5 aromatic rings. The second kappa shape index (κ2) is 8.56. The van der Waals surface area contributed by atoms with E-state index in [2.05, 4.69) is 14.7 Å². The van der Waals surface area contributed by atoms with Gasteiger partial charge < -0.3 is 5.32 Å². The smallest absolute Gasteiger partial charge is 0.273 e. The van der Waals surface area contributed by atoms with Gasteiger partial charge in [-0.25, -0.2) is 4.98 Å². The number of carbonyl (C=O) groups is 1. The summed E-state index contributed by atoms with van der Waals surface area (Å²) in [4.78, 5) is 30.2. The molecule has 0 aliphatic carbocycles. The van der Waals surface area contributed by atoms with Crippen LogP contribution in [0.3, 0.4) is 0 Å². The van der Waals surface area contributed by atoms with Gasteiger partial charge in [0.2, 0.25) is 5.91 Å². The fourth-order valence-electron chi connectivity index (χ4n) is 3.56. The molecular formula is C25H18N4O2S. The summed E-state index contributed by atoms with van der Waals surface area (Å²) in [5.74, 6) is -0.301. The van der Waals surface area contributed by atoms with Gasteiger partial charge in [-0.2, -0.15) is 4.37 Å². The highest BCUT2D eigenvalue weighted by atomic mass is 32.1. The average Bonchev–Trinajstić information content (AvgIpc) is 3.27. The number of aromatic nitrogens is 3. The molecule has 0 aliphatic rings. The van der Waals surface area contributed by atoms with Gasteiger partial charge in [-0.05, 0) is 23.2 Å². The highest BCUT2D eigenvalue weighted by Crippen LogP contribution is 2.28. The van der Waals surface area contributed by atoms with Crippen molar-refractivity contribution in [2.75, 3.05) is 5.32 Å². The fourth-order valence-corrected chi connectivity index (χ4v) is 4.37. The van der Waals surface area contributed by atoms with Crippen molar-refractivity contribution in [1.29, 1.82) is 0 Å². The Bertz CT molecular complexity index is 1460. The number of anilines is 1. The minimum atomic E-state index is -0.301. The van der Waals surface area contributed by atoms with Crippen LogP contribution in [-0.4, -0.2) is 19.8 Å². The molecule has 156 valence electrons. The van der Waals surface area contributed by atoms with Crippen molar-refractivity contribution in [3.63, 3.8) is 0 Å². The Kier molecular flexibility index (Phi) is 5.31. The molecule has 0 radical (unpaired) electrons. The number of hydrogen-bond acceptors (Lipinski definition) is 5. The van der Waals surface area contributed by atoms with E-state index in [9.17, 15) is 9.59 Å². The van der Waals surface area contributed by atoms with E-state index in [0.29, 0.717) is 21.6 Å². The van der Waals surface area contributed by atoms with Crippen molar-refractivity contribution in [1.82, 2.24) is 13.9 Å². The van der Waals surface area contributed by atoms with Crippen molar-refractivity contribution in [3.8, 4) is 22.4 Å². The van der Waals surface area contributed by atoms with Crippen molar-refractivity contribution in [2.45, 2.75) is 6.54 Å². The van der Waals surface area contributed by atoms with E-state index in [1.54, 1.807) is 0 Å². The molecular weight excluding hydrogens is 420 g/mol. The van der Waals surface area contributed by atoms with E-state index in [-0.39, 0.29) is 18.0 Å². The minimum absolute atomic E-state index is 0.135. The number of benzene rings is 3. The van der Waals surface area contributed by atoms with Crippen molar-refractivity contribution in [3.05, 3.63) is 102 Å². The molecule has 0 unspecified atom stereocenters. The molecule has 1 amide bonds. The Morgan fingerprint density at radius 1 is 0.875 bits per heavy atom. The van der Waals surface area contributed by atoms with Crippen LogP contribution in [0.2, 0.25) is 0 Å². The highest BCUT2D eigenvalue weighted by molar-refractivity contribution is 7.13. The summed E-state index contributed by atoms with van der Waals surface area (Å²) in [6.45, 7) is -0.135. The number of nitrogens with one attached hydrogen (secondary N) is 1. The zero-order valence-electron chi connectivity index (χ0n) is 16.9. The van der Waals surface area contributed by atoms with Crippen LogP contribution in [0.1, 0.15) is 0 Å². The van der Waals surface area contributed by atoms with Gasteiger partial charge in [0.25, 0.3) is 5.56 Å². The van der Waals surface area contributed by atoms with Crippen LogP contribution in [-0.2, 0) is 11.3 Å². The summed E-state index contributed by atoms with van der Waals surface area (Å²) >= 11 is 1.10. The number of para-hydroxylation sites is 1. The molecule has 0 atom stereocenters. The Labute approximate surface area is 188 Å². The van der Waals surface area contributed by atoms with E-state index in [1.165, 1.54) is 10.9 Å². The second-order valence-corrected chi connectivity index (χ2v) is 7.99. The van der Waals surface area contributed by atoms with Gasteiger partial charge in [0.15, 0.2) is 0 Å². The topological polar surface area (TPSA) is 76.9 Å². The van der Waals surface area contributed by atoms with E-state index in [1.807, 2.05) is 84.9 Å². The molecule has 6 nitrogen and oxygen atoms in total. The Morgan fingerprint density at radius 3 is 2.28 bits per heavy atom. The maximum Gasteiger partial charge on any atom is 0.273 e. The molecule has 3 aromatic carbocycles. The van der Waals surface area contributed by atoms with Crippen LogP contribution in [0, 0.1) is 0 Å². The molecule has 0 aliphatic heterocycles. The van der Waals surface area contributed by atoms with Crippen LogP contribution in [0.4, 0.5) is 5.69 Å². The van der Waals surface area contributed by atoms with E-state index >= 15 is 0 Å². The normalized spacial score (nSPS) is 10.9. The number of carbonyl (C=O) groups excluding carboxylic acids is 1. The van der Waals surface area contributed by atoms with Gasteiger partial charge in [-0.1, -0.05) is 78.9 Å². The van der Waals surface area contributed by atoms with Crippen molar-refractivity contribution in [2.24, 2.45) is 0 Å². The highest BCUT2D eigenvalue weighted by Gasteiger charge is 2.16. The lowest BCUT2D eigenvalue weighted by Gasteiger charge is -2.12. The largest absolute Gasteiger partial charge is 0.324 e. The predicted octanol–water partition coefficient (Wildman–Crippen LogP) is 4.83. The zero-order chi connectivity index (χ0) is 21.9. The molecule has 0 saturated carbocycles. The Morgan fingerprint density at radius 2 is 1.53 bits per heavy atom. The standard InChI is InChI=1S/C25H18N4O2S/c30-21(27-20-14-8-7-13-19(20)17-9-3-1-4-10-17)15-29-16-26-23-22(18-11-5-2-6-12-18)28-32-24(23)25(29)31/h1-14,16H,15H2,(H,27,30). The van der Waals surface area contributed by atoms with E-state index in [4.69, 9.17) is 0 Å². The third-order valence-corrected chi connectivity index (χ3v) is 5.92. The SMILES string of the molecule is O=C(Cn1cnc2c(-c3ccccc3)nsc2c1=O)Nc1ccccc1-c1ccccc1.